The zero-order chi connectivity index (χ0) is 22.9. The van der Waals surface area contributed by atoms with E-state index in [0.717, 1.165) is 11.3 Å². The zero-order valence-electron chi connectivity index (χ0n) is 17.7. The molecule has 7 nitrogen and oxygen atoms in total. The number of nitrogens with one attached hydrogen (secondary N) is 2. The monoisotopic (exact) mass is 453 g/mol. The van der Waals surface area contributed by atoms with Crippen molar-refractivity contribution in [3.63, 3.8) is 0 Å². The molecule has 32 heavy (non-hydrogen) atoms. The summed E-state index contributed by atoms with van der Waals surface area (Å²) in [6.07, 6.45) is 2.26. The van der Waals surface area contributed by atoms with Crippen molar-refractivity contribution in [3.8, 4) is 0 Å². The van der Waals surface area contributed by atoms with Crippen LogP contribution in [-0.2, 0) is 22.6 Å². The molecule has 0 aliphatic carbocycles. The molecule has 3 aromatic rings. The zero-order valence-corrected chi connectivity index (χ0v) is 18.5. The van der Waals surface area contributed by atoms with Crippen molar-refractivity contribution < 1.29 is 14.0 Å². The molecular weight excluding hydrogens is 429 g/mol. The number of anilines is 2. The summed E-state index contributed by atoms with van der Waals surface area (Å²) >= 11 is 1.27. The highest BCUT2D eigenvalue weighted by Crippen LogP contribution is 2.19. The number of nitrogens with zero attached hydrogens (tertiary/aromatic N) is 3. The predicted molar refractivity (Wildman–Crippen MR) is 124 cm³/mol. The highest BCUT2D eigenvalue weighted by Gasteiger charge is 2.15. The van der Waals surface area contributed by atoms with Gasteiger partial charge in [-0.05, 0) is 43.3 Å². The summed E-state index contributed by atoms with van der Waals surface area (Å²) in [5.74, 6) is 0.0798. The fourth-order valence-corrected chi connectivity index (χ4v) is 3.64. The second-order valence-corrected chi connectivity index (χ2v) is 8.00. The van der Waals surface area contributed by atoms with Gasteiger partial charge in [-0.15, -0.1) is 16.8 Å². The first kappa shape index (κ1) is 23.2. The van der Waals surface area contributed by atoms with Crippen molar-refractivity contribution in [2.75, 3.05) is 16.4 Å². The first-order valence-corrected chi connectivity index (χ1v) is 11.0. The number of hydrogen-bond acceptors (Lipinski definition) is 5. The molecular formula is C23H24FN5O2S. The summed E-state index contributed by atoms with van der Waals surface area (Å²) in [6, 6.07) is 13.2. The second-order valence-electron chi connectivity index (χ2n) is 7.06. The number of aromatic nitrogens is 3. The van der Waals surface area contributed by atoms with Crippen LogP contribution in [0.4, 0.5) is 15.8 Å². The van der Waals surface area contributed by atoms with E-state index in [1.807, 2.05) is 35.8 Å². The molecule has 0 atom stereocenters. The van der Waals surface area contributed by atoms with Crippen molar-refractivity contribution in [1.82, 2.24) is 14.8 Å². The van der Waals surface area contributed by atoms with Crippen molar-refractivity contribution in [3.05, 3.63) is 78.4 Å². The summed E-state index contributed by atoms with van der Waals surface area (Å²) in [5.41, 5.74) is 2.38. The molecule has 2 aromatic carbocycles. The number of carbonyl (C=O) groups excluding carboxylic acids is 2. The third kappa shape index (κ3) is 6.78. The third-order valence-electron chi connectivity index (χ3n) is 4.48. The van der Waals surface area contributed by atoms with E-state index in [1.54, 1.807) is 6.08 Å². The van der Waals surface area contributed by atoms with Crippen LogP contribution in [0.25, 0.3) is 0 Å². The number of amides is 2. The van der Waals surface area contributed by atoms with E-state index in [9.17, 15) is 14.0 Å². The Bertz CT molecular complexity index is 1000. The van der Waals surface area contributed by atoms with Gasteiger partial charge in [0.15, 0.2) is 5.16 Å². The minimum atomic E-state index is -0.363. The smallest absolute Gasteiger partial charge is 0.234 e. The summed E-state index contributed by atoms with van der Waals surface area (Å²) in [6.45, 7) is 6.21. The SMILES string of the molecule is C=CCn1c(CCC(=O)Nc2ccc(F)cc2)nnc1SCC(=O)Nc1ccc(C)cc1. The van der Waals surface area contributed by atoms with Gasteiger partial charge in [-0.1, -0.05) is 35.5 Å². The van der Waals surface area contributed by atoms with Gasteiger partial charge >= 0.3 is 0 Å². The Morgan fingerprint density at radius 1 is 1.03 bits per heavy atom. The molecule has 3 rings (SSSR count). The average molecular weight is 454 g/mol. The topological polar surface area (TPSA) is 88.9 Å². The van der Waals surface area contributed by atoms with Crippen LogP contribution in [0.1, 0.15) is 17.8 Å². The molecule has 0 radical (unpaired) electrons. The van der Waals surface area contributed by atoms with E-state index >= 15 is 0 Å². The number of rotatable bonds is 10. The van der Waals surface area contributed by atoms with Gasteiger partial charge in [0.25, 0.3) is 0 Å². The van der Waals surface area contributed by atoms with Crippen molar-refractivity contribution >= 4 is 35.0 Å². The second kappa shape index (κ2) is 11.2. The van der Waals surface area contributed by atoms with E-state index in [2.05, 4.69) is 27.4 Å². The first-order chi connectivity index (χ1) is 15.4. The van der Waals surface area contributed by atoms with E-state index in [0.29, 0.717) is 29.6 Å². The Morgan fingerprint density at radius 3 is 2.31 bits per heavy atom. The number of hydrogen-bond donors (Lipinski definition) is 2. The number of allylic oxidation sites excluding steroid dienone is 1. The van der Waals surface area contributed by atoms with Gasteiger partial charge in [0.05, 0.1) is 5.75 Å². The van der Waals surface area contributed by atoms with Crippen LogP contribution in [-0.4, -0.2) is 32.3 Å². The first-order valence-electron chi connectivity index (χ1n) is 10.0. The molecule has 0 aliphatic heterocycles. The lowest BCUT2D eigenvalue weighted by Crippen LogP contribution is -2.15. The van der Waals surface area contributed by atoms with E-state index in [1.165, 1.54) is 36.0 Å². The maximum atomic E-state index is 13.0. The molecule has 9 heteroatoms. The number of benzene rings is 2. The molecule has 0 saturated carbocycles. The third-order valence-corrected chi connectivity index (χ3v) is 5.44. The van der Waals surface area contributed by atoms with Gasteiger partial charge in [0, 0.05) is 30.8 Å². The van der Waals surface area contributed by atoms with Crippen molar-refractivity contribution in [2.45, 2.75) is 31.5 Å². The van der Waals surface area contributed by atoms with Crippen LogP contribution in [0.15, 0.2) is 66.3 Å². The quantitative estimate of drug-likeness (QED) is 0.355. The summed E-state index contributed by atoms with van der Waals surface area (Å²) < 4.78 is 14.8. The lowest BCUT2D eigenvalue weighted by Gasteiger charge is -2.09. The maximum absolute atomic E-state index is 13.0. The Labute approximate surface area is 190 Å². The van der Waals surface area contributed by atoms with Gasteiger partial charge in [0.1, 0.15) is 11.6 Å². The van der Waals surface area contributed by atoms with Crippen LogP contribution >= 0.6 is 11.8 Å². The molecule has 166 valence electrons. The molecule has 0 aliphatic rings. The molecule has 0 fully saturated rings. The van der Waals surface area contributed by atoms with Crippen LogP contribution in [0.2, 0.25) is 0 Å². The van der Waals surface area contributed by atoms with E-state index < -0.39 is 0 Å². The van der Waals surface area contributed by atoms with Crippen LogP contribution < -0.4 is 10.6 Å². The van der Waals surface area contributed by atoms with E-state index in [4.69, 9.17) is 0 Å². The Kier molecular flexibility index (Phi) is 8.15. The van der Waals surface area contributed by atoms with Crippen LogP contribution in [0, 0.1) is 12.7 Å². The number of halogens is 1. The Balaban J connectivity index is 1.55. The summed E-state index contributed by atoms with van der Waals surface area (Å²) in [7, 11) is 0. The molecule has 0 spiro atoms. The van der Waals surface area contributed by atoms with Gasteiger partial charge in [-0.3, -0.25) is 9.59 Å². The Morgan fingerprint density at radius 2 is 1.66 bits per heavy atom. The number of aryl methyl sites for hydroxylation is 2. The molecule has 1 aromatic heterocycles. The molecule has 0 saturated heterocycles. The minimum Gasteiger partial charge on any atom is -0.326 e. The molecule has 2 amide bonds. The molecule has 1 heterocycles. The fraction of sp³-hybridized carbons (Fsp3) is 0.217. The predicted octanol–water partition coefficient (Wildman–Crippen LogP) is 4.21. The van der Waals surface area contributed by atoms with Gasteiger partial charge in [-0.2, -0.15) is 0 Å². The summed E-state index contributed by atoms with van der Waals surface area (Å²) in [5, 5.41) is 14.5. The lowest BCUT2D eigenvalue weighted by atomic mass is 10.2. The van der Waals surface area contributed by atoms with Crippen LogP contribution in [0.5, 0.6) is 0 Å². The Hall–Kier alpha value is -3.46. The van der Waals surface area contributed by atoms with Gasteiger partial charge in [0.2, 0.25) is 11.8 Å². The summed E-state index contributed by atoms with van der Waals surface area (Å²) in [4.78, 5) is 24.5. The van der Waals surface area contributed by atoms with Gasteiger partial charge in [-0.25, -0.2) is 4.39 Å². The average Bonchev–Trinajstić information content (AvgIpc) is 3.16. The standard InChI is InChI=1S/C23H24FN5O2S/c1-3-14-29-20(12-13-21(30)25-19-10-6-17(24)7-11-19)27-28-23(29)32-15-22(31)26-18-8-4-16(2)5-9-18/h3-11H,1,12-15H2,2H3,(H,25,30)(H,26,31). The minimum absolute atomic E-state index is 0.146. The van der Waals surface area contributed by atoms with E-state index in [-0.39, 0.29) is 29.8 Å². The molecule has 0 unspecified atom stereocenters. The largest absolute Gasteiger partial charge is 0.326 e. The highest BCUT2D eigenvalue weighted by atomic mass is 32.2. The van der Waals surface area contributed by atoms with Crippen LogP contribution in [0.3, 0.4) is 0 Å². The lowest BCUT2D eigenvalue weighted by molar-refractivity contribution is -0.116. The maximum Gasteiger partial charge on any atom is 0.234 e. The molecule has 0 bridgehead atoms. The number of carbonyl (C=O) groups is 2. The fourth-order valence-electron chi connectivity index (χ4n) is 2.87. The normalized spacial score (nSPS) is 10.6. The number of thioether (sulfide) groups is 1. The van der Waals surface area contributed by atoms with Gasteiger partial charge < -0.3 is 15.2 Å². The molecule has 2 N–H and O–H groups in total. The van der Waals surface area contributed by atoms with Crippen molar-refractivity contribution in [2.24, 2.45) is 0 Å². The highest BCUT2D eigenvalue weighted by molar-refractivity contribution is 7.99. The van der Waals surface area contributed by atoms with Crippen molar-refractivity contribution in [1.29, 1.82) is 0 Å².